The Morgan fingerprint density at radius 3 is 2.64 bits per heavy atom. The van der Waals surface area contributed by atoms with Gasteiger partial charge in [-0.05, 0) is 55.0 Å². The van der Waals surface area contributed by atoms with Crippen LogP contribution in [0, 0.1) is 0 Å². The van der Waals surface area contributed by atoms with Gasteiger partial charge in [0.1, 0.15) is 16.4 Å². The minimum absolute atomic E-state index is 0.0212. The number of phenolic OH excluding ortho intramolecular Hbond substituents is 1. The second-order valence-electron chi connectivity index (χ2n) is 8.85. The van der Waals surface area contributed by atoms with Crippen LogP contribution < -0.4 is 5.56 Å². The van der Waals surface area contributed by atoms with Gasteiger partial charge in [0.2, 0.25) is 0 Å². The van der Waals surface area contributed by atoms with Gasteiger partial charge in [0.25, 0.3) is 5.56 Å². The summed E-state index contributed by atoms with van der Waals surface area (Å²) in [6, 6.07) is 7.83. The molecule has 4 rings (SSSR count). The number of fused-ring (bicyclic) bond motifs is 3. The largest absolute Gasteiger partial charge is 0.506 e. The van der Waals surface area contributed by atoms with Gasteiger partial charge >= 0.3 is 0 Å². The topological polar surface area (TPSA) is 68.0 Å². The van der Waals surface area contributed by atoms with Crippen LogP contribution in [0.5, 0.6) is 5.75 Å². The summed E-state index contributed by atoms with van der Waals surface area (Å²) in [5.41, 5.74) is 2.03. The van der Waals surface area contributed by atoms with Gasteiger partial charge in [0.05, 0.1) is 16.6 Å². The van der Waals surface area contributed by atoms with Crippen molar-refractivity contribution in [2.24, 2.45) is 0 Å². The highest BCUT2D eigenvalue weighted by Gasteiger charge is 2.22. The average Bonchev–Trinajstić information content (AvgIpc) is 3.20. The summed E-state index contributed by atoms with van der Waals surface area (Å²) in [5, 5.41) is 12.2. The van der Waals surface area contributed by atoms with Crippen molar-refractivity contribution in [2.75, 3.05) is 0 Å². The fraction of sp³-hybridized carbons (Fsp3) is 0.444. The lowest BCUT2D eigenvalue weighted by Crippen LogP contribution is -2.27. The van der Waals surface area contributed by atoms with Crippen LogP contribution in [-0.4, -0.2) is 19.6 Å². The van der Waals surface area contributed by atoms with Crippen molar-refractivity contribution in [3.05, 3.63) is 64.0 Å². The first kappa shape index (κ1) is 23.4. The molecule has 0 saturated carbocycles. The van der Waals surface area contributed by atoms with Crippen LogP contribution in [0.25, 0.3) is 20.3 Å². The summed E-state index contributed by atoms with van der Waals surface area (Å²) in [6.07, 6.45) is 10.7. The molecule has 0 aliphatic carbocycles. The SMILES string of the molecule is CCCCc1cc(O)c2sc3nc(C(CC)CCCC)n(Cc4cccnc4)c(=O)c3c2c1. The molecule has 0 radical (unpaired) electrons. The van der Waals surface area contributed by atoms with Gasteiger partial charge in [0.15, 0.2) is 0 Å². The molecule has 1 aromatic carbocycles. The van der Waals surface area contributed by atoms with E-state index in [0.29, 0.717) is 11.9 Å². The Kier molecular flexibility index (Phi) is 7.43. The molecule has 6 heteroatoms. The van der Waals surface area contributed by atoms with Crippen molar-refractivity contribution >= 4 is 31.6 Å². The second kappa shape index (κ2) is 10.5. The summed E-state index contributed by atoms with van der Waals surface area (Å²) in [5.74, 6) is 1.32. The number of aromatic hydroxyl groups is 1. The number of hydrogen-bond acceptors (Lipinski definition) is 5. The van der Waals surface area contributed by atoms with E-state index in [1.807, 2.05) is 29.0 Å². The fourth-order valence-corrected chi connectivity index (χ4v) is 5.61. The number of thiophene rings is 1. The minimum Gasteiger partial charge on any atom is -0.506 e. The van der Waals surface area contributed by atoms with Crippen molar-refractivity contribution in [3.8, 4) is 5.75 Å². The summed E-state index contributed by atoms with van der Waals surface area (Å²) in [7, 11) is 0. The van der Waals surface area contributed by atoms with Crippen LogP contribution in [0.4, 0.5) is 0 Å². The molecule has 0 fully saturated rings. The Morgan fingerprint density at radius 2 is 1.94 bits per heavy atom. The molecule has 0 saturated heterocycles. The monoisotopic (exact) mass is 463 g/mol. The lowest BCUT2D eigenvalue weighted by Gasteiger charge is -2.20. The van der Waals surface area contributed by atoms with E-state index in [0.717, 1.165) is 76.8 Å². The third kappa shape index (κ3) is 4.81. The van der Waals surface area contributed by atoms with Crippen molar-refractivity contribution in [1.82, 2.24) is 14.5 Å². The maximum atomic E-state index is 14.0. The first-order valence-electron chi connectivity index (χ1n) is 12.1. The number of pyridine rings is 1. The molecular weight excluding hydrogens is 430 g/mol. The molecule has 1 unspecified atom stereocenters. The predicted molar refractivity (Wildman–Crippen MR) is 138 cm³/mol. The first-order valence-corrected chi connectivity index (χ1v) is 13.0. The molecule has 1 N–H and O–H groups in total. The number of hydrogen-bond donors (Lipinski definition) is 1. The van der Waals surface area contributed by atoms with Crippen LogP contribution in [0.15, 0.2) is 41.5 Å². The van der Waals surface area contributed by atoms with E-state index in [9.17, 15) is 9.90 Å². The number of benzene rings is 1. The number of aryl methyl sites for hydroxylation is 1. The Bertz CT molecular complexity index is 1290. The molecule has 0 aliphatic heterocycles. The van der Waals surface area contributed by atoms with Crippen LogP contribution in [0.1, 0.15) is 82.2 Å². The van der Waals surface area contributed by atoms with Gasteiger partial charge in [0, 0.05) is 23.7 Å². The highest BCUT2D eigenvalue weighted by atomic mass is 32.1. The molecule has 0 aliphatic rings. The van der Waals surface area contributed by atoms with Gasteiger partial charge in [-0.3, -0.25) is 14.3 Å². The number of phenols is 1. The van der Waals surface area contributed by atoms with Gasteiger partial charge < -0.3 is 5.11 Å². The molecule has 33 heavy (non-hydrogen) atoms. The van der Waals surface area contributed by atoms with Gasteiger partial charge in [-0.2, -0.15) is 0 Å². The van der Waals surface area contributed by atoms with E-state index in [-0.39, 0.29) is 17.2 Å². The molecule has 0 bridgehead atoms. The van der Waals surface area contributed by atoms with E-state index < -0.39 is 0 Å². The van der Waals surface area contributed by atoms with Crippen molar-refractivity contribution in [1.29, 1.82) is 0 Å². The van der Waals surface area contributed by atoms with Gasteiger partial charge in [-0.15, -0.1) is 11.3 Å². The van der Waals surface area contributed by atoms with E-state index in [1.165, 1.54) is 11.3 Å². The molecule has 0 spiro atoms. The second-order valence-corrected chi connectivity index (χ2v) is 9.85. The fourth-order valence-electron chi connectivity index (χ4n) is 4.55. The maximum Gasteiger partial charge on any atom is 0.263 e. The van der Waals surface area contributed by atoms with Crippen LogP contribution in [0.2, 0.25) is 0 Å². The van der Waals surface area contributed by atoms with E-state index in [4.69, 9.17) is 4.98 Å². The summed E-state index contributed by atoms with van der Waals surface area (Å²) < 4.78 is 2.60. The van der Waals surface area contributed by atoms with E-state index >= 15 is 0 Å². The molecule has 1 atom stereocenters. The van der Waals surface area contributed by atoms with Crippen molar-refractivity contribution < 1.29 is 5.11 Å². The quantitative estimate of drug-likeness (QED) is 0.281. The standard InChI is InChI=1S/C27H33N3O2S/c1-4-7-10-18-14-21-23-26(33-24(21)22(31)15-18)29-25(20(6-3)12-8-5-2)30(27(23)32)17-19-11-9-13-28-16-19/h9,11,13-16,20,31H,4-8,10,12,17H2,1-3H3. The first-order chi connectivity index (χ1) is 16.1. The number of aromatic nitrogens is 3. The molecule has 3 aromatic heterocycles. The number of nitrogens with zero attached hydrogens (tertiary/aromatic N) is 3. The molecular formula is C27H33N3O2S. The predicted octanol–water partition coefficient (Wildman–Crippen LogP) is 6.79. The lowest BCUT2D eigenvalue weighted by molar-refractivity contribution is 0.481. The highest BCUT2D eigenvalue weighted by molar-refractivity contribution is 7.25. The minimum atomic E-state index is -0.0212. The Balaban J connectivity index is 1.95. The normalized spacial score (nSPS) is 12.6. The molecule has 5 nitrogen and oxygen atoms in total. The number of unbranched alkanes of at least 4 members (excludes halogenated alkanes) is 2. The number of rotatable bonds is 10. The van der Waals surface area contributed by atoms with Crippen molar-refractivity contribution in [2.45, 2.75) is 78.2 Å². The molecule has 4 aromatic rings. The zero-order chi connectivity index (χ0) is 23.4. The summed E-state index contributed by atoms with van der Waals surface area (Å²) in [4.78, 5) is 24.0. The third-order valence-corrected chi connectivity index (χ3v) is 7.53. The van der Waals surface area contributed by atoms with Crippen LogP contribution >= 0.6 is 11.3 Å². The maximum absolute atomic E-state index is 14.0. The van der Waals surface area contributed by atoms with Crippen molar-refractivity contribution in [3.63, 3.8) is 0 Å². The smallest absolute Gasteiger partial charge is 0.263 e. The summed E-state index contributed by atoms with van der Waals surface area (Å²) in [6.45, 7) is 6.97. The molecule has 3 heterocycles. The third-order valence-electron chi connectivity index (χ3n) is 6.41. The van der Waals surface area contributed by atoms with E-state index in [2.05, 4.69) is 31.8 Å². The Morgan fingerprint density at radius 1 is 1.12 bits per heavy atom. The average molecular weight is 464 g/mol. The zero-order valence-corrected chi connectivity index (χ0v) is 20.6. The molecule has 174 valence electrons. The molecule has 0 amide bonds. The van der Waals surface area contributed by atoms with Crippen LogP contribution in [0.3, 0.4) is 0 Å². The Labute approximate surface area is 199 Å². The Hall–Kier alpha value is -2.73. The highest BCUT2D eigenvalue weighted by Crippen LogP contribution is 2.39. The van der Waals surface area contributed by atoms with Gasteiger partial charge in [-0.1, -0.05) is 46.1 Å². The zero-order valence-electron chi connectivity index (χ0n) is 19.8. The lowest BCUT2D eigenvalue weighted by atomic mass is 9.97. The summed E-state index contributed by atoms with van der Waals surface area (Å²) >= 11 is 1.43. The van der Waals surface area contributed by atoms with Crippen LogP contribution in [-0.2, 0) is 13.0 Å². The van der Waals surface area contributed by atoms with Gasteiger partial charge in [-0.25, -0.2) is 4.98 Å². The van der Waals surface area contributed by atoms with E-state index in [1.54, 1.807) is 6.20 Å².